The minimum Gasteiger partial charge on any atom is -0.488 e. The Bertz CT molecular complexity index is 991. The Balaban J connectivity index is 2.33. The van der Waals surface area contributed by atoms with Crippen LogP contribution < -0.4 is 10.5 Å². The summed E-state index contributed by atoms with van der Waals surface area (Å²) in [6.07, 6.45) is -2.89. The summed E-state index contributed by atoms with van der Waals surface area (Å²) < 4.78 is 32.4. The third kappa shape index (κ3) is 5.08. The summed E-state index contributed by atoms with van der Waals surface area (Å²) in [6, 6.07) is 9.46. The lowest BCUT2D eigenvalue weighted by Crippen LogP contribution is -2.13. The van der Waals surface area contributed by atoms with Crippen molar-refractivity contribution in [1.29, 1.82) is 0 Å². The van der Waals surface area contributed by atoms with Crippen LogP contribution in [0.5, 0.6) is 5.75 Å². The molecular weight excluding hydrogens is 404 g/mol. The van der Waals surface area contributed by atoms with Gasteiger partial charge >= 0.3 is 0 Å². The quantitative estimate of drug-likeness (QED) is 0.385. The number of allylic oxidation sites excluding steroid dienone is 1. The first kappa shape index (κ1) is 22.3. The van der Waals surface area contributed by atoms with E-state index in [1.807, 2.05) is 0 Å². The van der Waals surface area contributed by atoms with E-state index in [4.69, 9.17) is 22.1 Å². The van der Waals surface area contributed by atoms with Gasteiger partial charge in [0.1, 0.15) is 17.5 Å². The number of nitro benzene ring substituents is 1. The van der Waals surface area contributed by atoms with E-state index in [0.29, 0.717) is 22.4 Å². The van der Waals surface area contributed by atoms with Gasteiger partial charge in [-0.25, -0.2) is 8.78 Å². The molecular formula is C20H20ClF2N3O3. The number of nitrogens with two attached hydrogens (primary N) is 1. The standard InChI is InChI=1S/C20H20ClF2N3O3/c1-11-5-4-6-15(26(27)28)14(11)10-29-16-8-7-13(9-12(16)2)18(24)17(20(22)23)19(21)25-3/h4-9,20H,10,24H2,1-3H3. The lowest BCUT2D eigenvalue weighted by atomic mass is 10.0. The Hall–Kier alpha value is -3.00. The third-order valence-corrected chi connectivity index (χ3v) is 4.74. The summed E-state index contributed by atoms with van der Waals surface area (Å²) in [5.74, 6) is 0.452. The molecule has 2 rings (SSSR count). The van der Waals surface area contributed by atoms with E-state index in [9.17, 15) is 18.9 Å². The molecule has 9 heteroatoms. The van der Waals surface area contributed by atoms with Gasteiger partial charge in [0.25, 0.3) is 12.1 Å². The molecule has 0 heterocycles. The van der Waals surface area contributed by atoms with Crippen LogP contribution in [0.3, 0.4) is 0 Å². The molecule has 0 unspecified atom stereocenters. The predicted octanol–water partition coefficient (Wildman–Crippen LogP) is 4.99. The Labute approximate surface area is 171 Å². The van der Waals surface area contributed by atoms with Crippen molar-refractivity contribution in [2.45, 2.75) is 26.9 Å². The van der Waals surface area contributed by atoms with Crippen molar-refractivity contribution in [2.75, 3.05) is 7.05 Å². The molecule has 6 nitrogen and oxygen atoms in total. The van der Waals surface area contributed by atoms with Gasteiger partial charge in [0.2, 0.25) is 0 Å². The smallest absolute Gasteiger partial charge is 0.276 e. The largest absolute Gasteiger partial charge is 0.488 e. The average Bonchev–Trinajstić information content (AvgIpc) is 2.67. The number of benzene rings is 2. The van der Waals surface area contributed by atoms with E-state index >= 15 is 0 Å². The maximum Gasteiger partial charge on any atom is 0.276 e. The Morgan fingerprint density at radius 3 is 2.52 bits per heavy atom. The number of hydrogen-bond donors (Lipinski definition) is 1. The lowest BCUT2D eigenvalue weighted by molar-refractivity contribution is -0.385. The van der Waals surface area contributed by atoms with Crippen LogP contribution in [-0.2, 0) is 6.61 Å². The van der Waals surface area contributed by atoms with E-state index in [1.54, 1.807) is 38.1 Å². The van der Waals surface area contributed by atoms with Gasteiger partial charge in [-0.2, -0.15) is 0 Å². The zero-order valence-electron chi connectivity index (χ0n) is 16.1. The summed E-state index contributed by atoms with van der Waals surface area (Å²) in [6.45, 7) is 3.47. The maximum absolute atomic E-state index is 13.3. The molecule has 154 valence electrons. The minimum atomic E-state index is -2.89. The van der Waals surface area contributed by atoms with Gasteiger partial charge in [0, 0.05) is 13.1 Å². The first-order valence-corrected chi connectivity index (χ1v) is 8.92. The number of halogens is 3. The number of alkyl halides is 2. The Morgan fingerprint density at radius 1 is 1.28 bits per heavy atom. The van der Waals surface area contributed by atoms with Crippen LogP contribution in [-0.4, -0.2) is 23.6 Å². The highest BCUT2D eigenvalue weighted by molar-refractivity contribution is 6.70. The molecule has 0 aliphatic rings. The summed E-state index contributed by atoms with van der Waals surface area (Å²) in [5.41, 5.74) is 7.30. The van der Waals surface area contributed by atoms with Crippen molar-refractivity contribution in [3.63, 3.8) is 0 Å². The fourth-order valence-corrected chi connectivity index (χ4v) is 2.95. The molecule has 0 aliphatic carbocycles. The van der Waals surface area contributed by atoms with Crippen molar-refractivity contribution in [1.82, 2.24) is 0 Å². The fraction of sp³-hybridized carbons (Fsp3) is 0.250. The molecule has 2 aromatic carbocycles. The average molecular weight is 424 g/mol. The first-order valence-electron chi connectivity index (χ1n) is 8.54. The summed E-state index contributed by atoms with van der Waals surface area (Å²) >= 11 is 5.77. The number of ether oxygens (including phenoxy) is 1. The molecule has 0 saturated carbocycles. The summed E-state index contributed by atoms with van der Waals surface area (Å²) in [7, 11) is 1.30. The Morgan fingerprint density at radius 2 is 1.97 bits per heavy atom. The van der Waals surface area contributed by atoms with Crippen LogP contribution in [0, 0.1) is 24.0 Å². The molecule has 2 N–H and O–H groups in total. The molecule has 0 radical (unpaired) electrons. The fourth-order valence-electron chi connectivity index (χ4n) is 2.77. The van der Waals surface area contributed by atoms with E-state index in [0.717, 1.165) is 5.56 Å². The molecule has 0 aliphatic heterocycles. The molecule has 0 amide bonds. The summed E-state index contributed by atoms with van der Waals surface area (Å²) in [5, 5.41) is 10.9. The molecule has 0 atom stereocenters. The topological polar surface area (TPSA) is 90.8 Å². The van der Waals surface area contributed by atoms with Crippen LogP contribution in [0.4, 0.5) is 14.5 Å². The second kappa shape index (κ2) is 9.47. The molecule has 0 bridgehead atoms. The van der Waals surface area contributed by atoms with Gasteiger partial charge in [-0.3, -0.25) is 15.1 Å². The highest BCUT2D eigenvalue weighted by atomic mass is 35.5. The van der Waals surface area contributed by atoms with E-state index < -0.39 is 16.9 Å². The van der Waals surface area contributed by atoms with Crippen LogP contribution >= 0.6 is 11.6 Å². The molecule has 0 aromatic heterocycles. The van der Waals surface area contributed by atoms with Crippen molar-refractivity contribution in [3.8, 4) is 5.75 Å². The molecule has 2 aromatic rings. The van der Waals surface area contributed by atoms with Gasteiger partial charge in [0.05, 0.1) is 21.8 Å². The van der Waals surface area contributed by atoms with E-state index in [-0.39, 0.29) is 23.2 Å². The maximum atomic E-state index is 13.3. The van der Waals surface area contributed by atoms with Gasteiger partial charge in [-0.15, -0.1) is 0 Å². The molecule has 0 spiro atoms. The van der Waals surface area contributed by atoms with Crippen LogP contribution in [0.15, 0.2) is 47.0 Å². The summed E-state index contributed by atoms with van der Waals surface area (Å²) in [4.78, 5) is 14.3. The molecule has 29 heavy (non-hydrogen) atoms. The number of nitrogens with zero attached hydrogens (tertiary/aromatic N) is 2. The highest BCUT2D eigenvalue weighted by Gasteiger charge is 2.21. The SMILES string of the molecule is CN=C(Cl)C(=C(N)c1ccc(OCc2c(C)cccc2[N+](=O)[O-])c(C)c1)C(F)F. The van der Waals surface area contributed by atoms with Crippen LogP contribution in [0.2, 0.25) is 0 Å². The first-order chi connectivity index (χ1) is 13.7. The number of aliphatic imine (C=N–C) groups is 1. The number of hydrogen-bond acceptors (Lipinski definition) is 5. The predicted molar refractivity (Wildman–Crippen MR) is 110 cm³/mol. The van der Waals surface area contributed by atoms with Crippen molar-refractivity contribution >= 4 is 28.2 Å². The Kier molecular flexibility index (Phi) is 7.28. The van der Waals surface area contributed by atoms with Gasteiger partial charge < -0.3 is 10.5 Å². The second-order valence-corrected chi connectivity index (χ2v) is 6.60. The molecule has 0 fully saturated rings. The van der Waals surface area contributed by atoms with E-state index in [2.05, 4.69) is 4.99 Å². The minimum absolute atomic E-state index is 0.00883. The lowest BCUT2D eigenvalue weighted by Gasteiger charge is -2.14. The van der Waals surface area contributed by atoms with Crippen LogP contribution in [0.1, 0.15) is 22.3 Å². The van der Waals surface area contributed by atoms with Gasteiger partial charge in [-0.05, 0) is 48.7 Å². The monoisotopic (exact) mass is 423 g/mol. The van der Waals surface area contributed by atoms with Crippen molar-refractivity contribution in [2.24, 2.45) is 10.7 Å². The van der Waals surface area contributed by atoms with Crippen molar-refractivity contribution in [3.05, 3.63) is 74.3 Å². The van der Waals surface area contributed by atoms with Gasteiger partial charge in [0.15, 0.2) is 0 Å². The zero-order valence-corrected chi connectivity index (χ0v) is 16.8. The third-order valence-electron chi connectivity index (χ3n) is 4.37. The number of rotatable bonds is 7. The highest BCUT2D eigenvalue weighted by Crippen LogP contribution is 2.28. The van der Waals surface area contributed by atoms with Crippen molar-refractivity contribution < 1.29 is 18.4 Å². The van der Waals surface area contributed by atoms with Gasteiger partial charge in [-0.1, -0.05) is 23.7 Å². The zero-order chi connectivity index (χ0) is 21.7. The molecule has 0 saturated heterocycles. The number of nitro groups is 1. The second-order valence-electron chi connectivity index (χ2n) is 6.24. The normalized spacial score (nSPS) is 12.7. The van der Waals surface area contributed by atoms with Crippen LogP contribution in [0.25, 0.3) is 5.70 Å². The number of aryl methyl sites for hydroxylation is 2. The van der Waals surface area contributed by atoms with E-state index in [1.165, 1.54) is 19.2 Å².